The Hall–Kier alpha value is -1.76. The Morgan fingerprint density at radius 3 is 2.42 bits per heavy atom. The number of carboxylic acid groups (broad SMARTS) is 1. The van der Waals surface area contributed by atoms with Crippen LogP contribution in [0.25, 0.3) is 0 Å². The van der Waals surface area contributed by atoms with Gasteiger partial charge in [0.1, 0.15) is 0 Å². The summed E-state index contributed by atoms with van der Waals surface area (Å²) >= 11 is 0. The van der Waals surface area contributed by atoms with Crippen LogP contribution >= 0.6 is 0 Å². The van der Waals surface area contributed by atoms with E-state index in [0.717, 1.165) is 6.07 Å². The van der Waals surface area contributed by atoms with Crippen molar-refractivity contribution in [1.29, 1.82) is 0 Å². The second-order valence-corrected chi connectivity index (χ2v) is 3.96. The van der Waals surface area contributed by atoms with Crippen molar-refractivity contribution in [1.82, 2.24) is 0 Å². The lowest BCUT2D eigenvalue weighted by molar-refractivity contribution is -0.139. The smallest absolute Gasteiger partial charge is 0.416 e. The van der Waals surface area contributed by atoms with E-state index in [1.165, 1.54) is 7.11 Å². The van der Waals surface area contributed by atoms with E-state index in [9.17, 15) is 18.0 Å². The molecule has 0 fully saturated rings. The number of halogens is 3. The van der Waals surface area contributed by atoms with Crippen LogP contribution in [0, 0.1) is 0 Å². The quantitative estimate of drug-likeness (QED) is 0.829. The molecule has 0 saturated carbocycles. The number of hydrogen-bond donors (Lipinski definition) is 2. The van der Waals surface area contributed by atoms with Crippen molar-refractivity contribution in [2.75, 3.05) is 12.8 Å². The average molecular weight is 277 g/mol. The number of nitrogen functional groups attached to an aromatic ring is 1. The molecule has 1 atom stereocenters. The van der Waals surface area contributed by atoms with Gasteiger partial charge in [-0.1, -0.05) is 6.92 Å². The van der Waals surface area contributed by atoms with Crippen molar-refractivity contribution in [2.45, 2.75) is 25.6 Å². The number of alkyl halides is 3. The Labute approximate surface area is 108 Å². The molecule has 1 aromatic carbocycles. The van der Waals surface area contributed by atoms with E-state index in [0.29, 0.717) is 6.07 Å². The van der Waals surface area contributed by atoms with Gasteiger partial charge in [0.15, 0.2) is 0 Å². The maximum atomic E-state index is 12.9. The molecule has 0 aliphatic carbocycles. The lowest BCUT2D eigenvalue weighted by Gasteiger charge is -2.21. The summed E-state index contributed by atoms with van der Waals surface area (Å²) in [6.45, 7) is 1.64. The third kappa shape index (κ3) is 3.17. The topological polar surface area (TPSA) is 72.5 Å². The van der Waals surface area contributed by atoms with Crippen LogP contribution < -0.4 is 5.73 Å². The number of benzene rings is 1. The summed E-state index contributed by atoms with van der Waals surface area (Å²) in [5, 5.41) is 8.91. The van der Waals surface area contributed by atoms with E-state index in [1.807, 2.05) is 0 Å². The maximum Gasteiger partial charge on any atom is 0.416 e. The number of nitrogens with two attached hydrogens (primary N) is 1. The summed E-state index contributed by atoms with van der Waals surface area (Å²) in [6.07, 6.45) is -5.18. The highest BCUT2D eigenvalue weighted by atomic mass is 19.4. The number of hydrogen-bond acceptors (Lipinski definition) is 3. The molecule has 0 bridgehead atoms. The highest BCUT2D eigenvalue weighted by Crippen LogP contribution is 2.38. The van der Waals surface area contributed by atoms with Gasteiger partial charge in [-0.05, 0) is 24.1 Å². The molecular formula is C12H14F3NO3. The Morgan fingerprint density at radius 2 is 2.05 bits per heavy atom. The van der Waals surface area contributed by atoms with Crippen molar-refractivity contribution < 1.29 is 27.8 Å². The van der Waals surface area contributed by atoms with E-state index in [2.05, 4.69) is 0 Å². The minimum atomic E-state index is -4.62. The van der Waals surface area contributed by atoms with Crippen LogP contribution in [-0.4, -0.2) is 18.2 Å². The fourth-order valence-electron chi connectivity index (χ4n) is 1.84. The molecule has 0 radical (unpaired) electrons. The highest BCUT2D eigenvalue weighted by Gasteiger charge is 2.36. The van der Waals surface area contributed by atoms with Crippen LogP contribution in [0.4, 0.5) is 18.9 Å². The maximum absolute atomic E-state index is 12.9. The SMILES string of the molecule is CCC(OC)c1cc(C(=O)O)c(N)cc1C(F)(F)F. The Bertz CT molecular complexity index is 482. The van der Waals surface area contributed by atoms with Gasteiger partial charge in [0.25, 0.3) is 0 Å². The highest BCUT2D eigenvalue weighted by molar-refractivity contribution is 5.94. The van der Waals surface area contributed by atoms with Gasteiger partial charge in [-0.15, -0.1) is 0 Å². The predicted molar refractivity (Wildman–Crippen MR) is 62.9 cm³/mol. The molecule has 1 aromatic rings. The largest absolute Gasteiger partial charge is 0.478 e. The monoisotopic (exact) mass is 277 g/mol. The van der Waals surface area contributed by atoms with Gasteiger partial charge in [0.2, 0.25) is 0 Å². The first-order valence-electron chi connectivity index (χ1n) is 5.49. The second kappa shape index (κ2) is 5.48. The fraction of sp³-hybridized carbons (Fsp3) is 0.417. The summed E-state index contributed by atoms with van der Waals surface area (Å²) < 4.78 is 43.8. The number of anilines is 1. The van der Waals surface area contributed by atoms with Crippen LogP contribution in [0.1, 0.15) is 40.9 Å². The first-order valence-corrected chi connectivity index (χ1v) is 5.49. The Morgan fingerprint density at radius 1 is 1.47 bits per heavy atom. The standard InChI is InChI=1S/C12H14F3NO3/c1-3-10(19-2)6-4-7(11(17)18)9(16)5-8(6)12(13,14)15/h4-5,10H,3,16H2,1-2H3,(H,17,18). The van der Waals surface area contributed by atoms with Crippen molar-refractivity contribution >= 4 is 11.7 Å². The van der Waals surface area contributed by atoms with Gasteiger partial charge in [0, 0.05) is 12.8 Å². The van der Waals surface area contributed by atoms with Crippen molar-refractivity contribution in [3.63, 3.8) is 0 Å². The van der Waals surface area contributed by atoms with E-state index in [-0.39, 0.29) is 17.5 Å². The number of carbonyl (C=O) groups is 1. The molecule has 0 amide bonds. The van der Waals surface area contributed by atoms with Crippen LogP contribution in [0.15, 0.2) is 12.1 Å². The lowest BCUT2D eigenvalue weighted by atomic mass is 9.96. The first-order chi connectivity index (χ1) is 8.72. The van der Waals surface area contributed by atoms with Crippen LogP contribution in [0.5, 0.6) is 0 Å². The van der Waals surface area contributed by atoms with E-state index in [4.69, 9.17) is 15.6 Å². The number of aromatic carboxylic acids is 1. The second-order valence-electron chi connectivity index (χ2n) is 3.96. The molecule has 0 heterocycles. The number of carboxylic acids is 1. The van der Waals surface area contributed by atoms with Gasteiger partial charge >= 0.3 is 12.1 Å². The molecule has 3 N–H and O–H groups in total. The minimum Gasteiger partial charge on any atom is -0.478 e. The summed E-state index contributed by atoms with van der Waals surface area (Å²) in [5.74, 6) is -1.38. The van der Waals surface area contributed by atoms with Crippen molar-refractivity contribution in [2.24, 2.45) is 0 Å². The molecule has 0 spiro atoms. The van der Waals surface area contributed by atoms with Crippen LogP contribution in [0.2, 0.25) is 0 Å². The Balaban J connectivity index is 3.54. The van der Waals surface area contributed by atoms with E-state index >= 15 is 0 Å². The average Bonchev–Trinajstić information content (AvgIpc) is 2.30. The van der Waals surface area contributed by atoms with Crippen LogP contribution in [-0.2, 0) is 10.9 Å². The van der Waals surface area contributed by atoms with E-state index < -0.39 is 29.5 Å². The normalized spacial score (nSPS) is 13.3. The van der Waals surface area contributed by atoms with Crippen molar-refractivity contribution in [3.8, 4) is 0 Å². The Kier molecular flexibility index (Phi) is 4.41. The van der Waals surface area contributed by atoms with E-state index in [1.54, 1.807) is 6.92 Å². The summed E-state index contributed by atoms with van der Waals surface area (Å²) in [5.41, 5.74) is 3.38. The zero-order valence-electron chi connectivity index (χ0n) is 10.4. The minimum absolute atomic E-state index is 0.218. The number of ether oxygens (including phenoxy) is 1. The molecule has 19 heavy (non-hydrogen) atoms. The molecule has 0 aromatic heterocycles. The van der Waals surface area contributed by atoms with Crippen molar-refractivity contribution in [3.05, 3.63) is 28.8 Å². The molecule has 0 saturated heterocycles. The molecule has 4 nitrogen and oxygen atoms in total. The summed E-state index contributed by atoms with van der Waals surface area (Å²) in [6, 6.07) is 1.57. The zero-order valence-corrected chi connectivity index (χ0v) is 10.4. The molecule has 7 heteroatoms. The van der Waals surface area contributed by atoms with Gasteiger partial charge in [-0.2, -0.15) is 13.2 Å². The van der Waals surface area contributed by atoms with Gasteiger partial charge in [0.05, 0.1) is 17.2 Å². The third-order valence-electron chi connectivity index (χ3n) is 2.76. The molecule has 106 valence electrons. The molecule has 0 aliphatic heterocycles. The van der Waals surface area contributed by atoms with Crippen LogP contribution in [0.3, 0.4) is 0 Å². The van der Waals surface area contributed by atoms with Gasteiger partial charge in [-0.3, -0.25) is 0 Å². The molecule has 0 aliphatic rings. The molecular weight excluding hydrogens is 263 g/mol. The third-order valence-corrected chi connectivity index (χ3v) is 2.76. The first kappa shape index (κ1) is 15.3. The fourth-order valence-corrected chi connectivity index (χ4v) is 1.84. The summed E-state index contributed by atoms with van der Waals surface area (Å²) in [7, 11) is 1.27. The zero-order chi connectivity index (χ0) is 14.8. The van der Waals surface area contributed by atoms with Gasteiger partial charge < -0.3 is 15.6 Å². The number of rotatable bonds is 4. The number of methoxy groups -OCH3 is 1. The van der Waals surface area contributed by atoms with Gasteiger partial charge in [-0.25, -0.2) is 4.79 Å². The molecule has 1 unspecified atom stereocenters. The lowest BCUT2D eigenvalue weighted by Crippen LogP contribution is -2.16. The summed E-state index contributed by atoms with van der Waals surface area (Å²) in [4.78, 5) is 10.9. The molecule has 1 rings (SSSR count). The predicted octanol–water partition coefficient (Wildman–Crippen LogP) is 3.08.